The van der Waals surface area contributed by atoms with Crippen molar-refractivity contribution in [2.45, 2.75) is 31.7 Å². The lowest BCUT2D eigenvalue weighted by molar-refractivity contribution is 0.0951. The summed E-state index contributed by atoms with van der Waals surface area (Å²) < 4.78 is 23.4. The molecular weight excluding hydrogens is 406 g/mol. The second-order valence-electron chi connectivity index (χ2n) is 7.56. The molecule has 8 heteroatoms. The maximum absolute atomic E-state index is 12.6. The average Bonchev–Trinajstić information content (AvgIpc) is 3.15. The average molecular weight is 430 g/mol. The largest absolute Gasteiger partial charge is 0.348 e. The van der Waals surface area contributed by atoms with Gasteiger partial charge in [-0.1, -0.05) is 47.7 Å². The molecular formula is C21H23N3O3S2. The molecule has 0 saturated carbocycles. The fourth-order valence-electron chi connectivity index (χ4n) is 3.42. The van der Waals surface area contributed by atoms with E-state index >= 15 is 0 Å². The summed E-state index contributed by atoms with van der Waals surface area (Å²) in [5, 5.41) is 6.93. The first-order valence-electron chi connectivity index (χ1n) is 9.45. The Labute approximate surface area is 175 Å². The molecule has 2 atom stereocenters. The zero-order chi connectivity index (χ0) is 20.6. The highest BCUT2D eigenvalue weighted by atomic mass is 32.2. The molecule has 6 nitrogen and oxygen atoms in total. The van der Waals surface area contributed by atoms with Gasteiger partial charge in [0.25, 0.3) is 5.91 Å². The molecule has 2 unspecified atom stereocenters. The predicted octanol–water partition coefficient (Wildman–Crippen LogP) is 2.91. The summed E-state index contributed by atoms with van der Waals surface area (Å²) in [5.41, 5.74) is 4.60. The smallest absolute Gasteiger partial charge is 0.251 e. The Hall–Kier alpha value is -2.32. The Morgan fingerprint density at radius 3 is 2.62 bits per heavy atom. The first-order chi connectivity index (χ1) is 13.8. The molecule has 2 N–H and O–H groups in total. The van der Waals surface area contributed by atoms with Crippen LogP contribution in [-0.4, -0.2) is 42.3 Å². The number of sulfone groups is 1. The molecule has 2 aliphatic heterocycles. The van der Waals surface area contributed by atoms with Crippen LogP contribution in [0.5, 0.6) is 0 Å². The topological polar surface area (TPSA) is 87.6 Å². The number of carbonyl (C=O) groups excluding carboxylic acids is 1. The number of amides is 1. The molecule has 1 amide bonds. The van der Waals surface area contributed by atoms with E-state index in [9.17, 15) is 13.2 Å². The predicted molar refractivity (Wildman–Crippen MR) is 118 cm³/mol. The molecule has 4 rings (SSSR count). The second kappa shape index (κ2) is 7.84. The van der Waals surface area contributed by atoms with Gasteiger partial charge in [0.15, 0.2) is 15.0 Å². The van der Waals surface area contributed by atoms with Crippen LogP contribution in [0, 0.1) is 13.8 Å². The van der Waals surface area contributed by atoms with Gasteiger partial charge in [0.05, 0.1) is 17.5 Å². The maximum atomic E-state index is 12.6. The molecule has 1 saturated heterocycles. The highest BCUT2D eigenvalue weighted by molar-refractivity contribution is 8.15. The SMILES string of the molecule is Cc1ccc(CNC(=O)c2ccc(C)c(NC3=NC4CS(=O)(=O)CC4S3)c2)cc1. The molecule has 152 valence electrons. The number of amidine groups is 1. The van der Waals surface area contributed by atoms with Crippen LogP contribution in [0.3, 0.4) is 0 Å². The fourth-order valence-corrected chi connectivity index (χ4v) is 7.09. The van der Waals surface area contributed by atoms with E-state index in [1.54, 1.807) is 6.07 Å². The number of nitrogens with one attached hydrogen (secondary N) is 2. The molecule has 0 aromatic heterocycles. The van der Waals surface area contributed by atoms with Crippen LogP contribution < -0.4 is 10.6 Å². The fraction of sp³-hybridized carbons (Fsp3) is 0.333. The van der Waals surface area contributed by atoms with Crippen molar-refractivity contribution in [3.8, 4) is 0 Å². The van der Waals surface area contributed by atoms with Gasteiger partial charge in [0.1, 0.15) is 0 Å². The number of benzene rings is 2. The lowest BCUT2D eigenvalue weighted by atomic mass is 10.1. The van der Waals surface area contributed by atoms with Crippen molar-refractivity contribution in [2.24, 2.45) is 4.99 Å². The molecule has 2 aromatic rings. The quantitative estimate of drug-likeness (QED) is 0.780. The monoisotopic (exact) mass is 429 g/mol. The molecule has 0 spiro atoms. The third kappa shape index (κ3) is 4.64. The summed E-state index contributed by atoms with van der Waals surface area (Å²) >= 11 is 1.47. The van der Waals surface area contributed by atoms with Gasteiger partial charge in [0, 0.05) is 23.0 Å². The van der Waals surface area contributed by atoms with Crippen LogP contribution in [0.25, 0.3) is 0 Å². The van der Waals surface area contributed by atoms with E-state index in [1.165, 1.54) is 17.3 Å². The van der Waals surface area contributed by atoms with Gasteiger partial charge in [-0.15, -0.1) is 0 Å². The van der Waals surface area contributed by atoms with Crippen molar-refractivity contribution < 1.29 is 13.2 Å². The van der Waals surface area contributed by atoms with Gasteiger partial charge in [-0.25, -0.2) is 8.42 Å². The third-order valence-electron chi connectivity index (χ3n) is 5.13. The van der Waals surface area contributed by atoms with Crippen LogP contribution in [-0.2, 0) is 16.4 Å². The van der Waals surface area contributed by atoms with Gasteiger partial charge in [-0.3, -0.25) is 9.79 Å². The van der Waals surface area contributed by atoms with E-state index in [0.717, 1.165) is 22.0 Å². The Kier molecular flexibility index (Phi) is 5.40. The number of carbonyl (C=O) groups is 1. The van der Waals surface area contributed by atoms with Crippen molar-refractivity contribution in [3.63, 3.8) is 0 Å². The standard InChI is InChI=1S/C21H23N3O3S2/c1-13-3-6-15(7-4-13)10-22-20(25)16-8-5-14(2)17(9-16)23-21-24-18-11-29(26,27)12-19(18)28-21/h3-9,18-19H,10-12H2,1-2H3,(H,22,25)(H,23,24). The third-order valence-corrected chi connectivity index (χ3v) is 8.27. The number of hydrogen-bond donors (Lipinski definition) is 2. The Bertz CT molecular complexity index is 1080. The molecule has 1 fully saturated rings. The summed E-state index contributed by atoms with van der Waals surface area (Å²) in [7, 11) is -2.97. The Morgan fingerprint density at radius 1 is 1.14 bits per heavy atom. The lowest BCUT2D eigenvalue weighted by Gasteiger charge is -2.12. The molecule has 0 aliphatic carbocycles. The minimum atomic E-state index is -2.97. The summed E-state index contributed by atoms with van der Waals surface area (Å²) in [4.78, 5) is 17.1. The van der Waals surface area contributed by atoms with Crippen LogP contribution in [0.2, 0.25) is 0 Å². The summed E-state index contributed by atoms with van der Waals surface area (Å²) in [6, 6.07) is 13.4. The first kappa shape index (κ1) is 20.0. The number of fused-ring (bicyclic) bond motifs is 1. The van der Waals surface area contributed by atoms with E-state index in [-0.39, 0.29) is 28.7 Å². The van der Waals surface area contributed by atoms with Crippen LogP contribution in [0.15, 0.2) is 47.5 Å². The summed E-state index contributed by atoms with van der Waals surface area (Å²) in [6.45, 7) is 4.46. The zero-order valence-corrected chi connectivity index (χ0v) is 17.9. The van der Waals surface area contributed by atoms with Crippen LogP contribution in [0.4, 0.5) is 5.69 Å². The summed E-state index contributed by atoms with van der Waals surface area (Å²) in [5.74, 6) is 0.158. The van der Waals surface area contributed by atoms with Crippen molar-refractivity contribution >= 4 is 38.4 Å². The van der Waals surface area contributed by atoms with Gasteiger partial charge in [0.2, 0.25) is 0 Å². The van der Waals surface area contributed by atoms with Gasteiger partial charge >= 0.3 is 0 Å². The molecule has 29 heavy (non-hydrogen) atoms. The van der Waals surface area contributed by atoms with Gasteiger partial charge < -0.3 is 10.6 Å². The van der Waals surface area contributed by atoms with Gasteiger partial charge in [-0.2, -0.15) is 0 Å². The molecule has 2 heterocycles. The minimum Gasteiger partial charge on any atom is -0.348 e. The summed E-state index contributed by atoms with van der Waals surface area (Å²) in [6.07, 6.45) is 0. The zero-order valence-electron chi connectivity index (χ0n) is 16.3. The number of aliphatic imine (C=N–C) groups is 1. The van der Waals surface area contributed by atoms with Gasteiger partial charge in [-0.05, 0) is 37.1 Å². The first-order valence-corrected chi connectivity index (χ1v) is 12.2. The molecule has 0 bridgehead atoms. The van der Waals surface area contributed by atoms with E-state index in [1.807, 2.05) is 50.2 Å². The highest BCUT2D eigenvalue weighted by Gasteiger charge is 2.42. The lowest BCUT2D eigenvalue weighted by Crippen LogP contribution is -2.23. The van der Waals surface area contributed by atoms with E-state index in [2.05, 4.69) is 15.6 Å². The molecule has 2 aromatic carbocycles. The number of anilines is 1. The number of thioether (sulfide) groups is 1. The van der Waals surface area contributed by atoms with Crippen molar-refractivity contribution in [2.75, 3.05) is 16.8 Å². The van der Waals surface area contributed by atoms with Crippen LogP contribution in [0.1, 0.15) is 27.0 Å². The van der Waals surface area contributed by atoms with Crippen molar-refractivity contribution in [1.29, 1.82) is 0 Å². The van der Waals surface area contributed by atoms with E-state index in [4.69, 9.17) is 0 Å². The van der Waals surface area contributed by atoms with Crippen molar-refractivity contribution in [1.82, 2.24) is 5.32 Å². The number of nitrogens with zero attached hydrogens (tertiary/aromatic N) is 1. The molecule has 2 aliphatic rings. The normalized spacial score (nSPS) is 22.1. The highest BCUT2D eigenvalue weighted by Crippen LogP contribution is 2.35. The Balaban J connectivity index is 1.42. The molecule has 0 radical (unpaired) electrons. The van der Waals surface area contributed by atoms with E-state index in [0.29, 0.717) is 12.1 Å². The van der Waals surface area contributed by atoms with Crippen molar-refractivity contribution in [3.05, 3.63) is 64.7 Å². The maximum Gasteiger partial charge on any atom is 0.251 e. The number of hydrogen-bond acceptors (Lipinski definition) is 6. The minimum absolute atomic E-state index is 0.0104. The van der Waals surface area contributed by atoms with Crippen LogP contribution >= 0.6 is 11.8 Å². The second-order valence-corrected chi connectivity index (χ2v) is 10.9. The van der Waals surface area contributed by atoms with E-state index < -0.39 is 9.84 Å². The number of rotatable bonds is 4. The Morgan fingerprint density at radius 2 is 1.90 bits per heavy atom. The number of aryl methyl sites for hydroxylation is 2.